The summed E-state index contributed by atoms with van der Waals surface area (Å²) < 4.78 is 1.60. The Morgan fingerprint density at radius 3 is 2.96 bits per heavy atom. The van der Waals surface area contributed by atoms with E-state index in [9.17, 15) is 4.79 Å². The summed E-state index contributed by atoms with van der Waals surface area (Å²) in [6, 6.07) is 7.89. The lowest BCUT2D eigenvalue weighted by atomic mass is 10.2. The average Bonchev–Trinajstić information content (AvgIpc) is 3.21. The fourth-order valence-electron chi connectivity index (χ4n) is 3.08. The van der Waals surface area contributed by atoms with Crippen LogP contribution in [0.4, 0.5) is 11.5 Å². The summed E-state index contributed by atoms with van der Waals surface area (Å²) in [5.74, 6) is 0.621. The first-order valence-electron chi connectivity index (χ1n) is 8.05. The molecular weight excluding hydrogens is 304 g/mol. The second-order valence-electron chi connectivity index (χ2n) is 5.99. The van der Waals surface area contributed by atoms with Crippen LogP contribution in [-0.2, 0) is 0 Å². The first-order valence-corrected chi connectivity index (χ1v) is 8.05. The largest absolute Gasteiger partial charge is 0.352 e. The SMILES string of the molecule is CC1CCCN1c1ccc2ncc(C(=O)Nc3cccnc3)n2n1. The van der Waals surface area contributed by atoms with Crippen LogP contribution in [0.1, 0.15) is 30.3 Å². The second-order valence-corrected chi connectivity index (χ2v) is 5.99. The molecule has 0 radical (unpaired) electrons. The molecule has 1 unspecified atom stereocenters. The van der Waals surface area contributed by atoms with Crippen LogP contribution in [0.3, 0.4) is 0 Å². The Hall–Kier alpha value is -2.96. The van der Waals surface area contributed by atoms with Gasteiger partial charge in [-0.25, -0.2) is 9.50 Å². The van der Waals surface area contributed by atoms with E-state index in [0.29, 0.717) is 23.1 Å². The van der Waals surface area contributed by atoms with Crippen molar-refractivity contribution in [2.24, 2.45) is 0 Å². The highest BCUT2D eigenvalue weighted by molar-refractivity contribution is 6.03. The zero-order valence-electron chi connectivity index (χ0n) is 13.4. The van der Waals surface area contributed by atoms with Gasteiger partial charge in [-0.15, -0.1) is 5.10 Å². The monoisotopic (exact) mass is 322 g/mol. The van der Waals surface area contributed by atoms with E-state index >= 15 is 0 Å². The number of hydrogen-bond donors (Lipinski definition) is 1. The maximum Gasteiger partial charge on any atom is 0.276 e. The van der Waals surface area contributed by atoms with Gasteiger partial charge < -0.3 is 10.2 Å². The third-order valence-corrected chi connectivity index (χ3v) is 4.35. The number of aromatic nitrogens is 4. The van der Waals surface area contributed by atoms with Crippen LogP contribution in [-0.4, -0.2) is 38.1 Å². The fourth-order valence-corrected chi connectivity index (χ4v) is 3.08. The summed E-state index contributed by atoms with van der Waals surface area (Å²) in [5, 5.41) is 7.45. The van der Waals surface area contributed by atoms with Crippen LogP contribution < -0.4 is 10.2 Å². The highest BCUT2D eigenvalue weighted by atomic mass is 16.2. The molecule has 1 atom stereocenters. The van der Waals surface area contributed by atoms with Crippen molar-refractivity contribution in [2.75, 3.05) is 16.8 Å². The van der Waals surface area contributed by atoms with Crippen molar-refractivity contribution in [3.63, 3.8) is 0 Å². The third-order valence-electron chi connectivity index (χ3n) is 4.35. The van der Waals surface area contributed by atoms with E-state index in [2.05, 4.69) is 32.2 Å². The standard InChI is InChI=1S/C17H18N6O/c1-12-4-3-9-22(12)16-7-6-15-19-11-14(23(15)21-16)17(24)20-13-5-2-8-18-10-13/h2,5-8,10-12H,3-4,9H2,1H3,(H,20,24). The van der Waals surface area contributed by atoms with Gasteiger partial charge in [0.05, 0.1) is 18.1 Å². The number of imidazole rings is 1. The van der Waals surface area contributed by atoms with Gasteiger partial charge in [-0.05, 0) is 44.0 Å². The molecular formula is C17H18N6O. The van der Waals surface area contributed by atoms with Crippen molar-refractivity contribution in [3.8, 4) is 0 Å². The molecule has 0 spiro atoms. The molecule has 7 nitrogen and oxygen atoms in total. The Bertz CT molecular complexity index is 875. The van der Waals surface area contributed by atoms with Gasteiger partial charge in [0.15, 0.2) is 11.3 Å². The molecule has 4 heterocycles. The van der Waals surface area contributed by atoms with Gasteiger partial charge in [0.2, 0.25) is 0 Å². The predicted molar refractivity (Wildman–Crippen MR) is 91.2 cm³/mol. The van der Waals surface area contributed by atoms with Crippen LogP contribution >= 0.6 is 0 Å². The minimum absolute atomic E-state index is 0.255. The van der Waals surface area contributed by atoms with Gasteiger partial charge in [0.25, 0.3) is 5.91 Å². The number of amides is 1. The lowest BCUT2D eigenvalue weighted by molar-refractivity contribution is 0.102. The predicted octanol–water partition coefficient (Wildman–Crippen LogP) is 2.37. The van der Waals surface area contributed by atoms with Gasteiger partial charge >= 0.3 is 0 Å². The van der Waals surface area contributed by atoms with Gasteiger partial charge in [-0.3, -0.25) is 9.78 Å². The zero-order chi connectivity index (χ0) is 16.5. The van der Waals surface area contributed by atoms with Crippen LogP contribution in [0.5, 0.6) is 0 Å². The Morgan fingerprint density at radius 2 is 2.21 bits per heavy atom. The van der Waals surface area contributed by atoms with Crippen LogP contribution in [0.15, 0.2) is 42.9 Å². The Morgan fingerprint density at radius 1 is 1.29 bits per heavy atom. The Balaban J connectivity index is 1.67. The lowest BCUT2D eigenvalue weighted by Gasteiger charge is -2.22. The number of fused-ring (bicyclic) bond motifs is 1. The first kappa shape index (κ1) is 14.6. The maximum atomic E-state index is 12.5. The molecule has 1 amide bonds. The second kappa shape index (κ2) is 5.92. The van der Waals surface area contributed by atoms with Crippen molar-refractivity contribution in [2.45, 2.75) is 25.8 Å². The normalized spacial score (nSPS) is 17.4. The van der Waals surface area contributed by atoms with Crippen molar-refractivity contribution < 1.29 is 4.79 Å². The number of carbonyl (C=O) groups excluding carboxylic acids is 1. The summed E-state index contributed by atoms with van der Waals surface area (Å²) in [4.78, 5) is 23.1. The molecule has 4 rings (SSSR count). The van der Waals surface area contributed by atoms with Crippen molar-refractivity contribution in [1.82, 2.24) is 19.6 Å². The molecule has 3 aromatic heterocycles. The Labute approximate surface area is 139 Å². The van der Waals surface area contributed by atoms with Gasteiger partial charge in [-0.2, -0.15) is 0 Å². The quantitative estimate of drug-likeness (QED) is 0.801. The number of nitrogens with one attached hydrogen (secondary N) is 1. The van der Waals surface area contributed by atoms with Crippen molar-refractivity contribution >= 4 is 23.1 Å². The van der Waals surface area contributed by atoms with Crippen LogP contribution in [0.2, 0.25) is 0 Å². The van der Waals surface area contributed by atoms with Crippen molar-refractivity contribution in [3.05, 3.63) is 48.5 Å². The molecule has 3 aromatic rings. The minimum atomic E-state index is -0.255. The molecule has 7 heteroatoms. The zero-order valence-corrected chi connectivity index (χ0v) is 13.4. The topological polar surface area (TPSA) is 75.4 Å². The number of hydrogen-bond acceptors (Lipinski definition) is 5. The number of anilines is 2. The van der Waals surface area contributed by atoms with E-state index < -0.39 is 0 Å². The first-order chi connectivity index (χ1) is 11.7. The molecule has 1 aliphatic heterocycles. The van der Waals surface area contributed by atoms with Crippen LogP contribution in [0, 0.1) is 0 Å². The van der Waals surface area contributed by atoms with E-state index in [0.717, 1.165) is 18.8 Å². The molecule has 1 fully saturated rings. The Kier molecular flexibility index (Phi) is 3.60. The summed E-state index contributed by atoms with van der Waals surface area (Å²) >= 11 is 0. The van der Waals surface area contributed by atoms with E-state index in [1.54, 1.807) is 35.2 Å². The fraction of sp³-hybridized carbons (Fsp3) is 0.294. The lowest BCUT2D eigenvalue weighted by Crippen LogP contribution is -2.28. The van der Waals surface area contributed by atoms with E-state index in [1.165, 1.54) is 6.42 Å². The number of rotatable bonds is 3. The summed E-state index contributed by atoms with van der Waals surface area (Å²) in [5.41, 5.74) is 1.70. The molecule has 0 saturated carbocycles. The molecule has 24 heavy (non-hydrogen) atoms. The number of carbonyl (C=O) groups is 1. The molecule has 0 aromatic carbocycles. The smallest absolute Gasteiger partial charge is 0.276 e. The third kappa shape index (κ3) is 2.58. The summed E-state index contributed by atoms with van der Waals surface area (Å²) in [6.45, 7) is 3.19. The molecule has 122 valence electrons. The van der Waals surface area contributed by atoms with Gasteiger partial charge in [0.1, 0.15) is 5.82 Å². The molecule has 0 bridgehead atoms. The molecule has 0 aliphatic carbocycles. The number of nitrogens with zero attached hydrogens (tertiary/aromatic N) is 5. The molecule has 1 N–H and O–H groups in total. The maximum absolute atomic E-state index is 12.5. The van der Waals surface area contributed by atoms with Gasteiger partial charge in [-0.1, -0.05) is 0 Å². The number of pyridine rings is 1. The van der Waals surface area contributed by atoms with E-state index in [1.807, 2.05) is 12.1 Å². The average molecular weight is 322 g/mol. The highest BCUT2D eigenvalue weighted by Gasteiger charge is 2.23. The minimum Gasteiger partial charge on any atom is -0.352 e. The highest BCUT2D eigenvalue weighted by Crippen LogP contribution is 2.23. The van der Waals surface area contributed by atoms with E-state index in [4.69, 9.17) is 0 Å². The summed E-state index contributed by atoms with van der Waals surface area (Å²) in [7, 11) is 0. The van der Waals surface area contributed by atoms with E-state index in [-0.39, 0.29) is 5.91 Å². The van der Waals surface area contributed by atoms with Crippen molar-refractivity contribution in [1.29, 1.82) is 0 Å². The summed E-state index contributed by atoms with van der Waals surface area (Å²) in [6.07, 6.45) is 7.14. The molecule has 1 saturated heterocycles. The van der Waals surface area contributed by atoms with Crippen LogP contribution in [0.25, 0.3) is 5.65 Å². The van der Waals surface area contributed by atoms with Gasteiger partial charge in [0, 0.05) is 18.8 Å². The molecule has 1 aliphatic rings.